The van der Waals surface area contributed by atoms with Gasteiger partial charge in [-0.3, -0.25) is 14.4 Å². The second kappa shape index (κ2) is 13.1. The average Bonchev–Trinajstić information content (AvgIpc) is 3.66. The highest BCUT2D eigenvalue weighted by Crippen LogP contribution is 2.41. The zero-order valence-electron chi connectivity index (χ0n) is 24.7. The molecule has 5 rings (SSSR count). The van der Waals surface area contributed by atoms with Crippen LogP contribution in [0.2, 0.25) is 0 Å². The summed E-state index contributed by atoms with van der Waals surface area (Å²) in [4.78, 5) is 40.5. The van der Waals surface area contributed by atoms with Gasteiger partial charge >= 0.3 is 12.4 Å². The number of amides is 3. The van der Waals surface area contributed by atoms with Crippen LogP contribution < -0.4 is 15.4 Å². The third-order valence-electron chi connectivity index (χ3n) is 7.70. The van der Waals surface area contributed by atoms with Crippen molar-refractivity contribution >= 4 is 50.5 Å². The summed E-state index contributed by atoms with van der Waals surface area (Å²) in [6.45, 7) is 0.699. The van der Waals surface area contributed by atoms with Gasteiger partial charge in [0.25, 0.3) is 11.8 Å². The maximum atomic E-state index is 13.8. The molecule has 1 aliphatic rings. The van der Waals surface area contributed by atoms with Gasteiger partial charge in [-0.05, 0) is 54.4 Å². The van der Waals surface area contributed by atoms with Gasteiger partial charge in [-0.15, -0.1) is 11.3 Å². The molecule has 16 heteroatoms. The standard InChI is InChI=1S/C32H23F7N4O4S/c1-47-24-7-2-16(17-9-11-43(15-17)26(44)8-10-40)12-21(24)29(45)42-27-20-5-3-18(31(34,35)36)13-25(20)48-28(27)30(46)41-19-4-6-23(33)22(14-19)32(37,38)39/h2-7,12-14,17H,8-9,11,15H2,1H3,(H,41,46)(H,42,45). The highest BCUT2D eigenvalue weighted by atomic mass is 32.1. The molecule has 0 radical (unpaired) electrons. The van der Waals surface area contributed by atoms with Crippen LogP contribution in [0.15, 0.2) is 54.6 Å². The average molecular weight is 693 g/mol. The third-order valence-corrected chi connectivity index (χ3v) is 8.85. The molecule has 1 aromatic heterocycles. The van der Waals surface area contributed by atoms with Gasteiger partial charge in [0.2, 0.25) is 5.91 Å². The van der Waals surface area contributed by atoms with E-state index >= 15 is 0 Å². The Balaban J connectivity index is 1.51. The molecule has 2 N–H and O–H groups in total. The number of benzene rings is 3. The molecule has 0 spiro atoms. The van der Waals surface area contributed by atoms with Crippen molar-refractivity contribution in [2.45, 2.75) is 31.1 Å². The monoisotopic (exact) mass is 692 g/mol. The molecule has 4 aromatic rings. The number of nitrogens with zero attached hydrogens (tertiary/aromatic N) is 2. The van der Waals surface area contributed by atoms with Crippen molar-refractivity contribution in [2.24, 2.45) is 0 Å². The summed E-state index contributed by atoms with van der Waals surface area (Å²) < 4.78 is 99.5. The van der Waals surface area contributed by atoms with Crippen molar-refractivity contribution in [1.29, 1.82) is 5.26 Å². The van der Waals surface area contributed by atoms with E-state index in [-0.39, 0.29) is 50.2 Å². The number of ether oxygens (including phenoxy) is 1. The molecule has 1 saturated heterocycles. The molecule has 250 valence electrons. The molecule has 0 bridgehead atoms. The molecule has 48 heavy (non-hydrogen) atoms. The van der Waals surface area contributed by atoms with Crippen LogP contribution in [0.1, 0.15) is 55.5 Å². The fourth-order valence-corrected chi connectivity index (χ4v) is 6.43. The van der Waals surface area contributed by atoms with E-state index in [9.17, 15) is 45.1 Å². The molecule has 3 amide bonds. The Hall–Kier alpha value is -5.17. The van der Waals surface area contributed by atoms with E-state index in [1.54, 1.807) is 6.07 Å². The minimum atomic E-state index is -5.08. The van der Waals surface area contributed by atoms with E-state index in [1.807, 2.05) is 6.07 Å². The van der Waals surface area contributed by atoms with E-state index in [0.717, 1.165) is 24.3 Å². The van der Waals surface area contributed by atoms with Crippen LogP contribution in [-0.2, 0) is 17.1 Å². The number of anilines is 2. The van der Waals surface area contributed by atoms with Gasteiger partial charge in [0.15, 0.2) is 0 Å². The summed E-state index contributed by atoms with van der Waals surface area (Å²) in [5.74, 6) is -3.88. The quantitative estimate of drug-likeness (QED) is 0.192. The normalized spacial score (nSPS) is 14.9. The summed E-state index contributed by atoms with van der Waals surface area (Å²) in [5.41, 5.74) is -2.70. The first-order valence-corrected chi connectivity index (χ1v) is 14.9. The minimum Gasteiger partial charge on any atom is -0.496 e. The largest absolute Gasteiger partial charge is 0.496 e. The molecular weight excluding hydrogens is 669 g/mol. The molecule has 0 aliphatic carbocycles. The number of alkyl halides is 6. The van der Waals surface area contributed by atoms with Crippen LogP contribution in [-0.4, -0.2) is 42.8 Å². The number of nitrogens with one attached hydrogen (secondary N) is 2. The number of rotatable bonds is 7. The predicted octanol–water partition coefficient (Wildman–Crippen LogP) is 7.82. The Bertz CT molecular complexity index is 1970. The molecule has 1 atom stereocenters. The molecule has 1 aliphatic heterocycles. The van der Waals surface area contributed by atoms with Gasteiger partial charge in [-0.2, -0.15) is 31.6 Å². The lowest BCUT2D eigenvalue weighted by molar-refractivity contribution is -0.140. The molecule has 8 nitrogen and oxygen atoms in total. The fourth-order valence-electron chi connectivity index (χ4n) is 5.34. The number of carbonyl (C=O) groups excluding carboxylic acids is 3. The second-order valence-corrected chi connectivity index (χ2v) is 11.8. The smallest absolute Gasteiger partial charge is 0.419 e. The highest BCUT2D eigenvalue weighted by Gasteiger charge is 2.35. The first kappa shape index (κ1) is 34.2. The summed E-state index contributed by atoms with van der Waals surface area (Å²) in [6, 6.07) is 10.9. The molecular formula is C32H23F7N4O4S. The van der Waals surface area contributed by atoms with Crippen LogP contribution in [0.3, 0.4) is 0 Å². The maximum Gasteiger partial charge on any atom is 0.419 e. The number of thiophene rings is 1. The SMILES string of the molecule is COc1ccc(C2CCN(C(=O)CC#N)C2)cc1C(=O)Nc1c(C(=O)Nc2ccc(F)c(C(F)(F)F)c2)sc2cc(C(F)(F)F)ccc12. The van der Waals surface area contributed by atoms with Crippen molar-refractivity contribution in [2.75, 3.05) is 30.8 Å². The summed E-state index contributed by atoms with van der Waals surface area (Å²) in [5, 5.41) is 13.7. The topological polar surface area (TPSA) is 112 Å². The lowest BCUT2D eigenvalue weighted by Crippen LogP contribution is -2.27. The number of hydrogen-bond acceptors (Lipinski definition) is 6. The van der Waals surface area contributed by atoms with Crippen LogP contribution in [0.4, 0.5) is 42.1 Å². The van der Waals surface area contributed by atoms with Crippen LogP contribution in [0.5, 0.6) is 5.75 Å². The number of halogens is 7. The van der Waals surface area contributed by atoms with Crippen molar-refractivity contribution < 1.29 is 49.9 Å². The van der Waals surface area contributed by atoms with E-state index in [0.29, 0.717) is 48.5 Å². The first-order valence-electron chi connectivity index (χ1n) is 14.1. The first-order chi connectivity index (χ1) is 22.6. The Morgan fingerprint density at radius 3 is 2.40 bits per heavy atom. The van der Waals surface area contributed by atoms with E-state index < -0.39 is 46.8 Å². The number of methoxy groups -OCH3 is 1. The number of carbonyl (C=O) groups is 3. The van der Waals surface area contributed by atoms with Crippen molar-refractivity contribution in [3.05, 3.63) is 87.5 Å². The lowest BCUT2D eigenvalue weighted by Gasteiger charge is -2.17. The molecule has 1 unspecified atom stereocenters. The van der Waals surface area contributed by atoms with E-state index in [1.165, 1.54) is 24.1 Å². The molecule has 1 fully saturated rings. The van der Waals surface area contributed by atoms with Crippen molar-refractivity contribution in [1.82, 2.24) is 4.90 Å². The molecule has 3 aromatic carbocycles. The van der Waals surface area contributed by atoms with Gasteiger partial charge < -0.3 is 20.3 Å². The Kier molecular flexibility index (Phi) is 9.36. The zero-order valence-corrected chi connectivity index (χ0v) is 25.5. The van der Waals surface area contributed by atoms with Gasteiger partial charge in [0.05, 0.1) is 35.6 Å². The summed E-state index contributed by atoms with van der Waals surface area (Å²) >= 11 is 0.557. The Morgan fingerprint density at radius 2 is 1.73 bits per heavy atom. The van der Waals surface area contributed by atoms with Gasteiger partial charge in [0.1, 0.15) is 22.9 Å². The van der Waals surface area contributed by atoms with Gasteiger partial charge in [-0.1, -0.05) is 12.1 Å². The maximum absolute atomic E-state index is 13.8. The summed E-state index contributed by atoms with van der Waals surface area (Å²) in [7, 11) is 1.30. The van der Waals surface area contributed by atoms with E-state index in [4.69, 9.17) is 10.00 Å². The van der Waals surface area contributed by atoms with Gasteiger partial charge in [-0.25, -0.2) is 4.39 Å². The van der Waals surface area contributed by atoms with Crippen molar-refractivity contribution in [3.63, 3.8) is 0 Å². The molecule has 0 saturated carbocycles. The number of fused-ring (bicyclic) bond motifs is 1. The lowest BCUT2D eigenvalue weighted by atomic mass is 9.96. The number of likely N-dealkylation sites (tertiary alicyclic amines) is 1. The van der Waals surface area contributed by atoms with Crippen LogP contribution in [0.25, 0.3) is 10.1 Å². The fraction of sp³-hybridized carbons (Fsp3) is 0.250. The number of nitriles is 1. The molecule has 2 heterocycles. The number of hydrogen-bond donors (Lipinski definition) is 2. The van der Waals surface area contributed by atoms with Gasteiger partial charge in [0, 0.05) is 34.8 Å². The van der Waals surface area contributed by atoms with Crippen LogP contribution >= 0.6 is 11.3 Å². The summed E-state index contributed by atoms with van der Waals surface area (Å²) in [6.07, 6.45) is -9.55. The Morgan fingerprint density at radius 1 is 0.979 bits per heavy atom. The highest BCUT2D eigenvalue weighted by molar-refractivity contribution is 7.21. The second-order valence-electron chi connectivity index (χ2n) is 10.7. The Labute approximate surface area is 271 Å². The zero-order chi connectivity index (χ0) is 35.0. The minimum absolute atomic E-state index is 0.0113. The predicted molar refractivity (Wildman–Crippen MR) is 161 cm³/mol. The van der Waals surface area contributed by atoms with Crippen molar-refractivity contribution in [3.8, 4) is 11.8 Å². The van der Waals surface area contributed by atoms with Crippen LogP contribution in [0, 0.1) is 17.1 Å². The van der Waals surface area contributed by atoms with E-state index in [2.05, 4.69) is 10.6 Å². The third kappa shape index (κ3) is 7.05.